The minimum Gasteiger partial charge on any atom is -0.464 e. The molecular formula is C18H24N2O5. The number of nitrogens with one attached hydrogen (secondary N) is 1. The molecule has 0 aromatic heterocycles. The average Bonchev–Trinajstić information content (AvgIpc) is 2.95. The van der Waals surface area contributed by atoms with Crippen molar-refractivity contribution in [2.24, 2.45) is 0 Å². The van der Waals surface area contributed by atoms with E-state index >= 15 is 0 Å². The van der Waals surface area contributed by atoms with E-state index in [1.807, 2.05) is 30.3 Å². The minimum atomic E-state index is -0.672. The van der Waals surface area contributed by atoms with Crippen LogP contribution in [0.5, 0.6) is 0 Å². The van der Waals surface area contributed by atoms with E-state index in [1.165, 1.54) is 4.90 Å². The third kappa shape index (κ3) is 5.77. The van der Waals surface area contributed by atoms with Gasteiger partial charge in [0.2, 0.25) is 5.91 Å². The average molecular weight is 348 g/mol. The molecule has 0 unspecified atom stereocenters. The van der Waals surface area contributed by atoms with Crippen LogP contribution in [0.4, 0.5) is 4.79 Å². The Balaban J connectivity index is 2.02. The van der Waals surface area contributed by atoms with Gasteiger partial charge in [0.05, 0.1) is 6.61 Å². The largest absolute Gasteiger partial charge is 0.464 e. The quantitative estimate of drug-likeness (QED) is 0.821. The highest BCUT2D eigenvalue weighted by molar-refractivity contribution is 5.88. The molecule has 7 nitrogen and oxygen atoms in total. The fourth-order valence-corrected chi connectivity index (χ4v) is 2.48. The molecule has 1 fully saturated rings. The fourth-order valence-electron chi connectivity index (χ4n) is 2.48. The standard InChI is InChI=1S/C18H24N2O5/c1-18(2,3)25-17(23)19-11-15(21)20(14-9-10-24-16(14)22)12-13-7-5-4-6-8-13/h4-8,14H,9-12H2,1-3H3,(H,19,23)/t14-/m0/s1. The molecule has 1 atom stereocenters. The normalized spacial score (nSPS) is 16.9. The number of hydrogen-bond donors (Lipinski definition) is 1. The van der Waals surface area contributed by atoms with Crippen LogP contribution in [0, 0.1) is 0 Å². The summed E-state index contributed by atoms with van der Waals surface area (Å²) in [5.41, 5.74) is 0.249. The van der Waals surface area contributed by atoms with Gasteiger partial charge in [-0.1, -0.05) is 30.3 Å². The van der Waals surface area contributed by atoms with Crippen LogP contribution in [0.25, 0.3) is 0 Å². The van der Waals surface area contributed by atoms with Gasteiger partial charge in [0.15, 0.2) is 0 Å². The number of hydrogen-bond acceptors (Lipinski definition) is 5. The molecule has 1 aromatic rings. The first-order valence-electron chi connectivity index (χ1n) is 8.23. The number of nitrogens with zero attached hydrogens (tertiary/aromatic N) is 1. The zero-order valence-corrected chi connectivity index (χ0v) is 14.8. The Morgan fingerprint density at radius 2 is 1.96 bits per heavy atom. The number of rotatable bonds is 5. The van der Waals surface area contributed by atoms with Crippen LogP contribution in [0.2, 0.25) is 0 Å². The summed E-state index contributed by atoms with van der Waals surface area (Å²) in [6, 6.07) is 8.73. The lowest BCUT2D eigenvalue weighted by Crippen LogP contribution is -2.47. The molecule has 0 spiro atoms. The Kier molecular flexibility index (Phi) is 6.01. The van der Waals surface area contributed by atoms with Gasteiger partial charge in [-0.05, 0) is 26.3 Å². The summed E-state index contributed by atoms with van der Waals surface area (Å²) in [6.07, 6.45) is -0.223. The van der Waals surface area contributed by atoms with E-state index in [4.69, 9.17) is 9.47 Å². The van der Waals surface area contributed by atoms with Crippen molar-refractivity contribution in [3.05, 3.63) is 35.9 Å². The predicted molar refractivity (Wildman–Crippen MR) is 90.6 cm³/mol. The molecular weight excluding hydrogens is 324 g/mol. The van der Waals surface area contributed by atoms with Crippen molar-refractivity contribution >= 4 is 18.0 Å². The van der Waals surface area contributed by atoms with Crippen LogP contribution in [0.1, 0.15) is 32.8 Å². The highest BCUT2D eigenvalue weighted by Crippen LogP contribution is 2.17. The van der Waals surface area contributed by atoms with E-state index in [1.54, 1.807) is 20.8 Å². The van der Waals surface area contributed by atoms with E-state index in [-0.39, 0.29) is 19.0 Å². The summed E-state index contributed by atoms with van der Waals surface area (Å²) in [5, 5.41) is 2.44. The fraction of sp³-hybridized carbons (Fsp3) is 0.500. The molecule has 1 heterocycles. The van der Waals surface area contributed by atoms with Crippen LogP contribution in [-0.2, 0) is 25.6 Å². The minimum absolute atomic E-state index is 0.245. The van der Waals surface area contributed by atoms with Gasteiger partial charge in [-0.3, -0.25) is 4.79 Å². The summed E-state index contributed by atoms with van der Waals surface area (Å²) in [7, 11) is 0. The van der Waals surface area contributed by atoms with Gasteiger partial charge in [-0.2, -0.15) is 0 Å². The maximum Gasteiger partial charge on any atom is 0.408 e. The topological polar surface area (TPSA) is 84.9 Å². The molecule has 136 valence electrons. The Bertz CT molecular complexity index is 624. The summed E-state index contributed by atoms with van der Waals surface area (Å²) >= 11 is 0. The second-order valence-electron chi connectivity index (χ2n) is 6.83. The summed E-state index contributed by atoms with van der Waals surface area (Å²) in [6.45, 7) is 5.54. The van der Waals surface area contributed by atoms with Crippen molar-refractivity contribution in [3.63, 3.8) is 0 Å². The summed E-state index contributed by atoms with van der Waals surface area (Å²) in [5.74, 6) is -0.778. The van der Waals surface area contributed by atoms with Gasteiger partial charge in [0.1, 0.15) is 18.2 Å². The number of carbonyl (C=O) groups is 3. The van der Waals surface area contributed by atoms with Crippen molar-refractivity contribution in [2.45, 2.75) is 45.4 Å². The van der Waals surface area contributed by atoms with E-state index < -0.39 is 23.7 Å². The van der Waals surface area contributed by atoms with Gasteiger partial charge in [0, 0.05) is 13.0 Å². The van der Waals surface area contributed by atoms with Crippen molar-refractivity contribution in [1.82, 2.24) is 10.2 Å². The van der Waals surface area contributed by atoms with E-state index in [9.17, 15) is 14.4 Å². The number of amides is 2. The predicted octanol–water partition coefficient (Wildman–Crippen LogP) is 1.86. The molecule has 0 radical (unpaired) electrons. The van der Waals surface area contributed by atoms with E-state index in [2.05, 4.69) is 5.32 Å². The molecule has 1 aromatic carbocycles. The number of alkyl carbamates (subject to hydrolysis) is 1. The SMILES string of the molecule is CC(C)(C)OC(=O)NCC(=O)N(Cc1ccccc1)[C@H]1CCOC1=O. The van der Waals surface area contributed by atoms with Crippen molar-refractivity contribution < 1.29 is 23.9 Å². The Morgan fingerprint density at radius 1 is 1.28 bits per heavy atom. The number of esters is 1. The van der Waals surface area contributed by atoms with E-state index in [0.29, 0.717) is 13.0 Å². The monoisotopic (exact) mass is 348 g/mol. The molecule has 1 aliphatic rings. The number of carbonyl (C=O) groups excluding carboxylic acids is 3. The maximum absolute atomic E-state index is 12.6. The first-order chi connectivity index (χ1) is 11.8. The number of benzene rings is 1. The molecule has 1 saturated heterocycles. The first-order valence-corrected chi connectivity index (χ1v) is 8.23. The molecule has 0 bridgehead atoms. The van der Waals surface area contributed by atoms with Crippen molar-refractivity contribution in [2.75, 3.05) is 13.2 Å². The van der Waals surface area contributed by atoms with Gasteiger partial charge in [-0.25, -0.2) is 9.59 Å². The number of cyclic esters (lactones) is 1. The lowest BCUT2D eigenvalue weighted by Gasteiger charge is -2.27. The third-order valence-corrected chi connectivity index (χ3v) is 3.58. The Morgan fingerprint density at radius 3 is 2.52 bits per heavy atom. The first kappa shape index (κ1) is 18.8. The molecule has 25 heavy (non-hydrogen) atoms. The van der Waals surface area contributed by atoms with Crippen LogP contribution < -0.4 is 5.32 Å². The second-order valence-corrected chi connectivity index (χ2v) is 6.83. The van der Waals surface area contributed by atoms with Crippen molar-refractivity contribution in [3.8, 4) is 0 Å². The van der Waals surface area contributed by atoms with Crippen LogP contribution in [0.3, 0.4) is 0 Å². The second kappa shape index (κ2) is 8.00. The van der Waals surface area contributed by atoms with Crippen LogP contribution >= 0.6 is 0 Å². The van der Waals surface area contributed by atoms with E-state index in [0.717, 1.165) is 5.56 Å². The zero-order chi connectivity index (χ0) is 18.4. The lowest BCUT2D eigenvalue weighted by atomic mass is 10.1. The molecule has 2 rings (SSSR count). The van der Waals surface area contributed by atoms with Crippen LogP contribution in [-0.4, -0.2) is 47.7 Å². The third-order valence-electron chi connectivity index (χ3n) is 3.58. The molecule has 7 heteroatoms. The molecule has 2 amide bonds. The van der Waals surface area contributed by atoms with Crippen molar-refractivity contribution in [1.29, 1.82) is 0 Å². The Labute approximate surface area is 147 Å². The maximum atomic E-state index is 12.6. The molecule has 0 saturated carbocycles. The summed E-state index contributed by atoms with van der Waals surface area (Å²) in [4.78, 5) is 37.7. The molecule has 1 N–H and O–H groups in total. The molecule has 0 aliphatic carbocycles. The lowest BCUT2D eigenvalue weighted by molar-refractivity contribution is -0.148. The van der Waals surface area contributed by atoms with Gasteiger partial charge in [0.25, 0.3) is 0 Å². The van der Waals surface area contributed by atoms with Gasteiger partial charge >= 0.3 is 12.1 Å². The highest BCUT2D eigenvalue weighted by atomic mass is 16.6. The summed E-state index contributed by atoms with van der Waals surface area (Å²) < 4.78 is 10.1. The van der Waals surface area contributed by atoms with Crippen LogP contribution in [0.15, 0.2) is 30.3 Å². The number of ether oxygens (including phenoxy) is 2. The molecule has 1 aliphatic heterocycles. The van der Waals surface area contributed by atoms with Gasteiger partial charge in [-0.15, -0.1) is 0 Å². The van der Waals surface area contributed by atoms with Gasteiger partial charge < -0.3 is 19.7 Å². The highest BCUT2D eigenvalue weighted by Gasteiger charge is 2.35. The zero-order valence-electron chi connectivity index (χ0n) is 14.8. The Hall–Kier alpha value is -2.57. The smallest absolute Gasteiger partial charge is 0.408 e.